The van der Waals surface area contributed by atoms with Crippen molar-refractivity contribution in [1.82, 2.24) is 9.88 Å². The molecule has 6 nitrogen and oxygen atoms in total. The summed E-state index contributed by atoms with van der Waals surface area (Å²) in [5.74, 6) is 0.950. The minimum Gasteiger partial charge on any atom is -0.381 e. The molecule has 110 valence electrons. The van der Waals surface area contributed by atoms with Gasteiger partial charge in [0.25, 0.3) is 0 Å². The van der Waals surface area contributed by atoms with Crippen LogP contribution in [0, 0.1) is 17.2 Å². The van der Waals surface area contributed by atoms with E-state index in [1.165, 1.54) is 0 Å². The molecule has 2 saturated heterocycles. The number of ether oxygens (including phenoxy) is 1. The first kappa shape index (κ1) is 13.8. The van der Waals surface area contributed by atoms with Crippen molar-refractivity contribution in [2.24, 2.45) is 5.92 Å². The molecule has 0 saturated carbocycles. The van der Waals surface area contributed by atoms with E-state index in [4.69, 9.17) is 10.00 Å². The van der Waals surface area contributed by atoms with Gasteiger partial charge in [0, 0.05) is 39.0 Å². The molecule has 6 heteroatoms. The van der Waals surface area contributed by atoms with Crippen LogP contribution in [0.2, 0.25) is 0 Å². The first-order valence-electron chi connectivity index (χ1n) is 7.26. The number of anilines is 1. The highest BCUT2D eigenvalue weighted by Crippen LogP contribution is 2.20. The molecule has 2 aliphatic rings. The van der Waals surface area contributed by atoms with Crippen molar-refractivity contribution < 1.29 is 9.53 Å². The number of carbonyl (C=O) groups excluding carboxylic acids is 1. The maximum Gasteiger partial charge on any atom is 0.228 e. The Kier molecular flexibility index (Phi) is 4.02. The fourth-order valence-corrected chi connectivity index (χ4v) is 2.86. The van der Waals surface area contributed by atoms with Crippen LogP contribution in [0.3, 0.4) is 0 Å². The highest BCUT2D eigenvalue weighted by atomic mass is 16.5. The summed E-state index contributed by atoms with van der Waals surface area (Å²) in [4.78, 5) is 20.6. The van der Waals surface area contributed by atoms with E-state index >= 15 is 0 Å². The fraction of sp³-hybridized carbons (Fsp3) is 0.533. The molecule has 0 N–H and O–H groups in total. The van der Waals surface area contributed by atoms with Gasteiger partial charge in [-0.25, -0.2) is 4.98 Å². The third-order valence-electron chi connectivity index (χ3n) is 4.08. The Hall–Kier alpha value is -2.13. The lowest BCUT2D eigenvalue weighted by Crippen LogP contribution is -2.50. The number of aromatic nitrogens is 1. The lowest BCUT2D eigenvalue weighted by atomic mass is 10.1. The maximum atomic E-state index is 12.3. The molecule has 3 rings (SSSR count). The predicted molar refractivity (Wildman–Crippen MR) is 76.7 cm³/mol. The third-order valence-corrected chi connectivity index (χ3v) is 4.08. The summed E-state index contributed by atoms with van der Waals surface area (Å²) in [6, 6.07) is 5.71. The van der Waals surface area contributed by atoms with Gasteiger partial charge in [-0.3, -0.25) is 4.79 Å². The number of rotatable bonds is 2. The van der Waals surface area contributed by atoms with Crippen LogP contribution in [0.4, 0.5) is 5.82 Å². The molecule has 1 aromatic rings. The molecule has 2 aliphatic heterocycles. The van der Waals surface area contributed by atoms with Crippen molar-refractivity contribution in [3.63, 3.8) is 0 Å². The molecular weight excluding hydrogens is 268 g/mol. The Balaban J connectivity index is 1.62. The third kappa shape index (κ3) is 2.83. The second-order valence-corrected chi connectivity index (χ2v) is 5.36. The molecule has 3 heterocycles. The van der Waals surface area contributed by atoms with Crippen LogP contribution in [0.1, 0.15) is 12.0 Å². The minimum absolute atomic E-state index is 0.0288. The maximum absolute atomic E-state index is 12.3. The number of carbonyl (C=O) groups is 1. The second kappa shape index (κ2) is 6.10. The Morgan fingerprint density at radius 3 is 2.86 bits per heavy atom. The van der Waals surface area contributed by atoms with Crippen LogP contribution in [0.5, 0.6) is 0 Å². The van der Waals surface area contributed by atoms with Crippen molar-refractivity contribution in [2.75, 3.05) is 44.3 Å². The SMILES string of the molecule is N#Cc1cccnc1N1CCN(C(=O)[C@H]2CCOC2)CC1. The minimum atomic E-state index is 0.0288. The van der Waals surface area contributed by atoms with E-state index in [1.807, 2.05) is 4.90 Å². The average molecular weight is 286 g/mol. The summed E-state index contributed by atoms with van der Waals surface area (Å²) < 4.78 is 5.29. The van der Waals surface area contributed by atoms with E-state index < -0.39 is 0 Å². The van der Waals surface area contributed by atoms with Crippen LogP contribution in [0.15, 0.2) is 18.3 Å². The van der Waals surface area contributed by atoms with E-state index in [0.717, 1.165) is 12.2 Å². The van der Waals surface area contributed by atoms with Gasteiger partial charge < -0.3 is 14.5 Å². The predicted octanol–water partition coefficient (Wildman–Crippen LogP) is 0.638. The number of nitrogens with zero attached hydrogens (tertiary/aromatic N) is 4. The molecular formula is C15H18N4O2. The van der Waals surface area contributed by atoms with Gasteiger partial charge in [0.15, 0.2) is 0 Å². The standard InChI is InChI=1S/C15H18N4O2/c16-10-12-2-1-4-17-14(12)18-5-7-19(8-6-18)15(20)13-3-9-21-11-13/h1-2,4,13H,3,5-9,11H2/t13-/m0/s1. The molecule has 1 atom stereocenters. The van der Waals surface area contributed by atoms with Crippen LogP contribution < -0.4 is 4.90 Å². The van der Waals surface area contributed by atoms with Gasteiger partial charge in [-0.15, -0.1) is 0 Å². The van der Waals surface area contributed by atoms with E-state index in [-0.39, 0.29) is 11.8 Å². The number of piperazine rings is 1. The molecule has 0 bridgehead atoms. The van der Waals surface area contributed by atoms with Gasteiger partial charge in [-0.1, -0.05) is 0 Å². The zero-order valence-corrected chi connectivity index (χ0v) is 11.9. The lowest BCUT2D eigenvalue weighted by Gasteiger charge is -2.36. The largest absolute Gasteiger partial charge is 0.381 e. The quantitative estimate of drug-likeness (QED) is 0.798. The number of pyridine rings is 1. The summed E-state index contributed by atoms with van der Waals surface area (Å²) in [5, 5.41) is 9.14. The van der Waals surface area contributed by atoms with Crippen molar-refractivity contribution in [3.8, 4) is 6.07 Å². The number of nitriles is 1. The smallest absolute Gasteiger partial charge is 0.228 e. The van der Waals surface area contributed by atoms with Gasteiger partial charge in [0.2, 0.25) is 5.91 Å². The Morgan fingerprint density at radius 1 is 1.38 bits per heavy atom. The van der Waals surface area contributed by atoms with Crippen LogP contribution in [0.25, 0.3) is 0 Å². The second-order valence-electron chi connectivity index (χ2n) is 5.36. The highest BCUT2D eigenvalue weighted by Gasteiger charge is 2.30. The average Bonchev–Trinajstić information content (AvgIpc) is 3.09. The molecule has 0 radical (unpaired) electrons. The molecule has 1 aromatic heterocycles. The molecule has 0 unspecified atom stereocenters. The Labute approximate surface area is 123 Å². The van der Waals surface area contributed by atoms with Gasteiger partial charge in [0.05, 0.1) is 18.1 Å². The molecule has 0 aliphatic carbocycles. The first-order chi connectivity index (χ1) is 10.3. The van der Waals surface area contributed by atoms with E-state index in [2.05, 4.69) is 16.0 Å². The van der Waals surface area contributed by atoms with Crippen molar-refractivity contribution in [3.05, 3.63) is 23.9 Å². The summed E-state index contributed by atoms with van der Waals surface area (Å²) in [7, 11) is 0. The Morgan fingerprint density at radius 2 is 2.19 bits per heavy atom. The van der Waals surface area contributed by atoms with Crippen LogP contribution in [-0.2, 0) is 9.53 Å². The monoisotopic (exact) mass is 286 g/mol. The summed E-state index contributed by atoms with van der Waals surface area (Å²) in [5.41, 5.74) is 0.585. The number of hydrogen-bond acceptors (Lipinski definition) is 5. The topological polar surface area (TPSA) is 69.5 Å². The van der Waals surface area contributed by atoms with E-state index in [1.54, 1.807) is 18.3 Å². The highest BCUT2D eigenvalue weighted by molar-refractivity contribution is 5.79. The van der Waals surface area contributed by atoms with Crippen molar-refractivity contribution in [2.45, 2.75) is 6.42 Å². The zero-order valence-electron chi connectivity index (χ0n) is 11.9. The van der Waals surface area contributed by atoms with Gasteiger partial charge in [0.1, 0.15) is 11.9 Å². The van der Waals surface area contributed by atoms with Crippen molar-refractivity contribution in [1.29, 1.82) is 5.26 Å². The van der Waals surface area contributed by atoms with E-state index in [9.17, 15) is 4.79 Å². The zero-order chi connectivity index (χ0) is 14.7. The first-order valence-corrected chi connectivity index (χ1v) is 7.26. The summed E-state index contributed by atoms with van der Waals surface area (Å²) in [6.45, 7) is 4.03. The normalized spacial score (nSPS) is 22.1. The molecule has 0 spiro atoms. The van der Waals surface area contributed by atoms with Gasteiger partial charge in [-0.05, 0) is 18.6 Å². The van der Waals surface area contributed by atoms with Gasteiger partial charge >= 0.3 is 0 Å². The van der Waals surface area contributed by atoms with Crippen molar-refractivity contribution >= 4 is 11.7 Å². The molecule has 0 aromatic carbocycles. The van der Waals surface area contributed by atoms with Gasteiger partial charge in [-0.2, -0.15) is 5.26 Å². The lowest BCUT2D eigenvalue weighted by molar-refractivity contribution is -0.135. The van der Waals surface area contributed by atoms with E-state index in [0.29, 0.717) is 45.0 Å². The van der Waals surface area contributed by atoms with Crippen LogP contribution in [-0.4, -0.2) is 55.2 Å². The Bertz CT molecular complexity index is 555. The summed E-state index contributed by atoms with van der Waals surface area (Å²) >= 11 is 0. The number of hydrogen-bond donors (Lipinski definition) is 0. The molecule has 21 heavy (non-hydrogen) atoms. The van der Waals surface area contributed by atoms with Crippen LogP contribution >= 0.6 is 0 Å². The molecule has 2 fully saturated rings. The molecule has 1 amide bonds. The number of amides is 1. The fourth-order valence-electron chi connectivity index (χ4n) is 2.86. The summed E-state index contributed by atoms with van der Waals surface area (Å²) in [6.07, 6.45) is 2.53.